The average molecular weight is 372 g/mol. The molecule has 0 radical (unpaired) electrons. The molecule has 3 rings (SSSR count). The molecule has 3 atom stereocenters. The minimum atomic E-state index is -3.74. The topological polar surface area (TPSA) is 83.8 Å². The van der Waals surface area contributed by atoms with E-state index < -0.39 is 60.6 Å². The van der Waals surface area contributed by atoms with Crippen molar-refractivity contribution < 1.29 is 41.4 Å². The zero-order valence-electron chi connectivity index (χ0n) is 23.4. The number of nitrogens with zero attached hydrogens (tertiary/aromatic N) is 1. The molecule has 1 saturated heterocycles. The second-order valence-electron chi connectivity index (χ2n) is 6.84. The number of carboxylic acid groups (broad SMARTS) is 1. The van der Waals surface area contributed by atoms with E-state index in [2.05, 4.69) is 0 Å². The summed E-state index contributed by atoms with van der Waals surface area (Å²) >= 11 is 0. The Balaban J connectivity index is 2.15. The number of hydrogen-bond acceptors (Lipinski definition) is 4. The number of likely N-dealkylation sites (N-methyl/N-ethyl adjacent to an activating group) is 1. The predicted octanol–water partition coefficient (Wildman–Crippen LogP) is 1.91. The van der Waals surface area contributed by atoms with E-state index in [1.807, 2.05) is 0 Å². The van der Waals surface area contributed by atoms with Crippen molar-refractivity contribution in [3.8, 4) is 0 Å². The van der Waals surface area contributed by atoms with Gasteiger partial charge in [-0.1, -0.05) is 43.1 Å². The number of aliphatic carboxylic acids is 1. The molecule has 6 heteroatoms. The minimum Gasteiger partial charge on any atom is -0.477 e. The normalized spacial score (nSPS) is 42.7. The van der Waals surface area contributed by atoms with Crippen LogP contribution in [0.15, 0.2) is 30.3 Å². The van der Waals surface area contributed by atoms with E-state index in [1.54, 1.807) is 7.05 Å². The molecule has 1 aliphatic carbocycles. The third-order valence-corrected chi connectivity index (χ3v) is 4.71. The molecule has 26 heavy (non-hydrogen) atoms. The van der Waals surface area contributed by atoms with E-state index in [9.17, 15) is 14.7 Å². The highest BCUT2D eigenvalue weighted by molar-refractivity contribution is 5.81. The van der Waals surface area contributed by atoms with Gasteiger partial charge >= 0.3 is 11.9 Å². The Bertz CT molecular complexity index is 995. The van der Waals surface area contributed by atoms with E-state index in [0.29, 0.717) is 6.54 Å². The number of likely N-dealkylation sites (tertiary alicyclic amines) is 1. The molecular formula is C20H28NO5+. The van der Waals surface area contributed by atoms with Crippen molar-refractivity contribution in [1.29, 1.82) is 0 Å². The van der Waals surface area contributed by atoms with Gasteiger partial charge in [0, 0.05) is 24.7 Å². The Morgan fingerprint density at radius 2 is 2.00 bits per heavy atom. The van der Waals surface area contributed by atoms with Gasteiger partial charge in [0.25, 0.3) is 0 Å². The van der Waals surface area contributed by atoms with Crippen LogP contribution in [0.4, 0.5) is 0 Å². The first-order valence-electron chi connectivity index (χ1n) is 12.8. The van der Waals surface area contributed by atoms with Crippen LogP contribution < -0.4 is 0 Å². The molecule has 2 aliphatic rings. The third kappa shape index (κ3) is 3.76. The Labute approximate surface area is 166 Å². The molecule has 3 unspecified atom stereocenters. The molecule has 0 bridgehead atoms. The van der Waals surface area contributed by atoms with Gasteiger partial charge in [0.1, 0.15) is 6.54 Å². The number of carbonyl (C=O) groups is 2. The van der Waals surface area contributed by atoms with Gasteiger partial charge in [0.05, 0.1) is 13.6 Å². The smallest absolute Gasteiger partial charge is 0.359 e. The van der Waals surface area contributed by atoms with Crippen molar-refractivity contribution in [3.63, 3.8) is 0 Å². The summed E-state index contributed by atoms with van der Waals surface area (Å²) in [6.07, 6.45) is -15.5. The number of hydrogen-bond donors (Lipinski definition) is 2. The van der Waals surface area contributed by atoms with E-state index in [-0.39, 0.29) is 24.0 Å². The van der Waals surface area contributed by atoms with Crippen LogP contribution in [0.25, 0.3) is 0 Å². The second-order valence-corrected chi connectivity index (χ2v) is 6.84. The van der Waals surface area contributed by atoms with Gasteiger partial charge in [-0.2, -0.15) is 0 Å². The van der Waals surface area contributed by atoms with Crippen LogP contribution >= 0.6 is 0 Å². The number of esters is 1. The molecule has 142 valence electrons. The van der Waals surface area contributed by atoms with Gasteiger partial charge in [-0.05, 0) is 18.3 Å². The highest BCUT2D eigenvalue weighted by atomic mass is 16.6. The fraction of sp³-hybridized carbons (Fsp3) is 0.600. The van der Waals surface area contributed by atoms with E-state index in [1.165, 1.54) is 18.2 Å². The maximum absolute atomic E-state index is 13.6. The van der Waals surface area contributed by atoms with Crippen LogP contribution in [-0.2, 0) is 19.9 Å². The van der Waals surface area contributed by atoms with Gasteiger partial charge in [0.15, 0.2) is 18.2 Å². The summed E-state index contributed by atoms with van der Waals surface area (Å²) in [6, 6.07) is 6.38. The molecule has 2 fully saturated rings. The number of carbonyl (C=O) groups excluding carboxylic acids is 1. The zero-order valence-corrected chi connectivity index (χ0v) is 14.4. The Hall–Kier alpha value is -1.92. The first-order chi connectivity index (χ1) is 15.7. The molecule has 1 heterocycles. The standard InChI is InChI=1S/C20H27NO5/c1-21(14-18(22)23)12-11-17(13-21)26-19(24)20(25,16-9-5-6-10-16)15-7-3-2-4-8-15/h2-4,7-8,16-17,25H,5-6,9-14H2,1H3/p+1/i5D2,6D2,9D2,10D2,16D. The van der Waals surface area contributed by atoms with Crippen molar-refractivity contribution in [2.75, 3.05) is 26.7 Å². The van der Waals surface area contributed by atoms with Crippen molar-refractivity contribution in [3.05, 3.63) is 35.9 Å². The quantitative estimate of drug-likeness (QED) is 0.589. The molecule has 0 spiro atoms. The van der Waals surface area contributed by atoms with Crippen molar-refractivity contribution in [1.82, 2.24) is 0 Å². The summed E-state index contributed by atoms with van der Waals surface area (Å²) in [5.41, 5.74) is -3.95. The Morgan fingerprint density at radius 3 is 2.62 bits per heavy atom. The van der Waals surface area contributed by atoms with Crippen molar-refractivity contribution in [2.24, 2.45) is 5.89 Å². The summed E-state index contributed by atoms with van der Waals surface area (Å²) in [7, 11) is 1.62. The summed E-state index contributed by atoms with van der Waals surface area (Å²) < 4.78 is 80.0. The Kier molecular flexibility index (Phi) is 2.95. The van der Waals surface area contributed by atoms with Gasteiger partial charge in [-0.25, -0.2) is 9.59 Å². The second kappa shape index (κ2) is 7.37. The molecule has 1 aromatic rings. The van der Waals surface area contributed by atoms with Crippen molar-refractivity contribution >= 4 is 11.9 Å². The van der Waals surface area contributed by atoms with Crippen LogP contribution in [0.3, 0.4) is 0 Å². The highest BCUT2D eigenvalue weighted by Gasteiger charge is 2.49. The largest absolute Gasteiger partial charge is 0.477 e. The summed E-state index contributed by atoms with van der Waals surface area (Å²) in [5, 5.41) is 20.9. The van der Waals surface area contributed by atoms with Gasteiger partial charge in [-0.3, -0.25) is 0 Å². The molecule has 1 aliphatic heterocycles. The molecule has 2 N–H and O–H groups in total. The van der Waals surface area contributed by atoms with E-state index >= 15 is 0 Å². The lowest BCUT2D eigenvalue weighted by Crippen LogP contribution is -2.48. The number of aliphatic hydroxyl groups is 1. The number of carboxylic acids is 1. The number of rotatable bonds is 6. The lowest BCUT2D eigenvalue weighted by Gasteiger charge is -2.33. The zero-order chi connectivity index (χ0) is 26.9. The molecular weight excluding hydrogens is 334 g/mol. The van der Waals surface area contributed by atoms with Crippen LogP contribution in [-0.4, -0.2) is 59.4 Å². The first kappa shape index (κ1) is 10.4. The van der Waals surface area contributed by atoms with E-state index in [4.69, 9.17) is 22.2 Å². The molecule has 1 aromatic carbocycles. The van der Waals surface area contributed by atoms with Crippen LogP contribution in [0.1, 0.15) is 49.8 Å². The monoisotopic (exact) mass is 371 g/mol. The van der Waals surface area contributed by atoms with E-state index in [0.717, 1.165) is 12.1 Å². The van der Waals surface area contributed by atoms with Crippen LogP contribution in [0, 0.1) is 5.89 Å². The fourth-order valence-corrected chi connectivity index (χ4v) is 3.38. The SMILES string of the molecule is [2H]C1([2H])C([2H])([2H])C([2H])([2H])C([2H])(C(O)(C(=O)OC2CC[N+](C)(CC(=O)O)C2)c2ccccc2)C1([2H])[2H]. The lowest BCUT2D eigenvalue weighted by molar-refractivity contribution is -0.891. The first-order valence-corrected chi connectivity index (χ1v) is 8.27. The number of quaternary nitrogens is 1. The van der Waals surface area contributed by atoms with Gasteiger partial charge in [-0.15, -0.1) is 0 Å². The predicted molar refractivity (Wildman–Crippen MR) is 95.2 cm³/mol. The average Bonchev–Trinajstić information content (AvgIpc) is 3.12. The van der Waals surface area contributed by atoms with Crippen LogP contribution in [0.5, 0.6) is 0 Å². The summed E-state index contributed by atoms with van der Waals surface area (Å²) in [5.74, 6) is -6.47. The Morgan fingerprint density at radius 1 is 1.35 bits per heavy atom. The third-order valence-electron chi connectivity index (χ3n) is 4.71. The lowest BCUT2D eigenvalue weighted by atomic mass is 9.80. The van der Waals surface area contributed by atoms with Gasteiger partial charge < -0.3 is 19.4 Å². The molecule has 0 amide bonds. The highest BCUT2D eigenvalue weighted by Crippen LogP contribution is 2.42. The van der Waals surface area contributed by atoms with Crippen LogP contribution in [0.2, 0.25) is 0 Å². The number of ether oxygens (including phenoxy) is 1. The van der Waals surface area contributed by atoms with Gasteiger partial charge in [0.2, 0.25) is 0 Å². The summed E-state index contributed by atoms with van der Waals surface area (Å²) in [6.45, 7) is 0.0486. The molecule has 0 aromatic heterocycles. The van der Waals surface area contributed by atoms with Crippen molar-refractivity contribution in [2.45, 2.75) is 43.6 Å². The molecule has 1 saturated carbocycles. The maximum atomic E-state index is 13.6. The summed E-state index contributed by atoms with van der Waals surface area (Å²) in [4.78, 5) is 24.7. The number of benzene rings is 1. The minimum absolute atomic E-state index is 0.00415. The maximum Gasteiger partial charge on any atom is 0.359 e. The molecule has 6 nitrogen and oxygen atoms in total. The fourth-order valence-electron chi connectivity index (χ4n) is 3.38.